The van der Waals surface area contributed by atoms with Gasteiger partial charge in [-0.15, -0.1) is 0 Å². The number of nitrogens with zero attached hydrogens (tertiary/aromatic N) is 1. The summed E-state index contributed by atoms with van der Waals surface area (Å²) < 4.78 is 5.16. The quantitative estimate of drug-likeness (QED) is 0.695. The van der Waals surface area contributed by atoms with E-state index in [1.165, 1.54) is 32.4 Å². The Morgan fingerprint density at radius 3 is 2.80 bits per heavy atom. The lowest BCUT2D eigenvalue weighted by molar-refractivity contribution is -0.150. The van der Waals surface area contributed by atoms with E-state index in [2.05, 4.69) is 17.1 Å². The summed E-state index contributed by atoms with van der Waals surface area (Å²) in [6.07, 6.45) is 5.85. The molecule has 0 aromatic heterocycles. The van der Waals surface area contributed by atoms with Crippen molar-refractivity contribution in [3.05, 3.63) is 0 Å². The molecular weight excluding hydrogens is 252 g/mol. The lowest BCUT2D eigenvalue weighted by atomic mass is 9.93. The number of ether oxygens (including phenoxy) is 1. The molecule has 1 rings (SSSR count). The minimum absolute atomic E-state index is 0.132. The summed E-state index contributed by atoms with van der Waals surface area (Å²) in [4.78, 5) is 14.5. The number of rotatable bonds is 8. The van der Waals surface area contributed by atoms with Gasteiger partial charge in [-0.2, -0.15) is 0 Å². The first-order valence-corrected chi connectivity index (χ1v) is 8.14. The average molecular weight is 284 g/mol. The van der Waals surface area contributed by atoms with Crippen LogP contribution >= 0.6 is 0 Å². The molecule has 0 saturated carbocycles. The highest BCUT2D eigenvalue weighted by Gasteiger charge is 2.32. The van der Waals surface area contributed by atoms with Gasteiger partial charge in [-0.25, -0.2) is 0 Å². The third-order valence-corrected chi connectivity index (χ3v) is 4.61. The van der Waals surface area contributed by atoms with Crippen LogP contribution < -0.4 is 5.32 Å². The Labute approximate surface area is 124 Å². The van der Waals surface area contributed by atoms with Crippen molar-refractivity contribution in [3.8, 4) is 0 Å². The lowest BCUT2D eigenvalue weighted by Crippen LogP contribution is -2.49. The second-order valence-electron chi connectivity index (χ2n) is 6.12. The fourth-order valence-corrected chi connectivity index (χ4v) is 2.96. The first-order chi connectivity index (χ1) is 9.55. The SMILES string of the molecule is CCOC(=O)C(C)(CCCN1CCCC(CC)C1)NC. The Balaban J connectivity index is 2.35. The van der Waals surface area contributed by atoms with E-state index >= 15 is 0 Å². The van der Waals surface area contributed by atoms with Crippen molar-refractivity contribution in [1.29, 1.82) is 0 Å². The third kappa shape index (κ3) is 5.06. The first-order valence-electron chi connectivity index (χ1n) is 8.14. The average Bonchev–Trinajstić information content (AvgIpc) is 2.47. The minimum atomic E-state index is -0.546. The summed E-state index contributed by atoms with van der Waals surface area (Å²) >= 11 is 0. The summed E-state index contributed by atoms with van der Waals surface area (Å²) in [6.45, 7) is 10.1. The smallest absolute Gasteiger partial charge is 0.326 e. The number of likely N-dealkylation sites (tertiary alicyclic amines) is 1. The molecule has 1 aliphatic rings. The molecule has 0 aromatic carbocycles. The fraction of sp³-hybridized carbons (Fsp3) is 0.938. The molecule has 1 N–H and O–H groups in total. The molecule has 118 valence electrons. The molecule has 4 heteroatoms. The van der Waals surface area contributed by atoms with Crippen LogP contribution in [0.25, 0.3) is 0 Å². The van der Waals surface area contributed by atoms with E-state index in [-0.39, 0.29) is 5.97 Å². The van der Waals surface area contributed by atoms with E-state index in [0.717, 1.165) is 25.3 Å². The molecule has 0 aromatic rings. The Bertz CT molecular complexity index is 296. The maximum atomic E-state index is 12.0. The van der Waals surface area contributed by atoms with Gasteiger partial charge in [-0.1, -0.05) is 13.3 Å². The molecule has 2 unspecified atom stereocenters. The number of carbonyl (C=O) groups is 1. The zero-order valence-electron chi connectivity index (χ0n) is 13.7. The van der Waals surface area contributed by atoms with Crippen molar-refractivity contribution in [1.82, 2.24) is 10.2 Å². The Kier molecular flexibility index (Phi) is 7.52. The predicted octanol–water partition coefficient (Wildman–Crippen LogP) is 2.43. The zero-order valence-corrected chi connectivity index (χ0v) is 13.7. The number of piperidine rings is 1. The highest BCUT2D eigenvalue weighted by Crippen LogP contribution is 2.20. The first kappa shape index (κ1) is 17.4. The standard InChI is InChI=1S/C16H32N2O2/c1-5-14-9-7-11-18(13-14)12-8-10-16(3,17-4)15(19)20-6-2/h14,17H,5-13H2,1-4H3. The Morgan fingerprint density at radius 1 is 1.45 bits per heavy atom. The highest BCUT2D eigenvalue weighted by atomic mass is 16.5. The van der Waals surface area contributed by atoms with Crippen LogP contribution in [0.15, 0.2) is 0 Å². The zero-order chi connectivity index (χ0) is 15.0. The van der Waals surface area contributed by atoms with Gasteiger partial charge in [0.1, 0.15) is 5.54 Å². The molecular formula is C16H32N2O2. The van der Waals surface area contributed by atoms with Crippen molar-refractivity contribution < 1.29 is 9.53 Å². The van der Waals surface area contributed by atoms with Gasteiger partial charge in [0.25, 0.3) is 0 Å². The van der Waals surface area contributed by atoms with Gasteiger partial charge in [0, 0.05) is 6.54 Å². The van der Waals surface area contributed by atoms with Crippen LogP contribution in [-0.2, 0) is 9.53 Å². The molecule has 1 saturated heterocycles. The largest absolute Gasteiger partial charge is 0.465 e. The summed E-state index contributed by atoms with van der Waals surface area (Å²) in [5.74, 6) is 0.733. The maximum Gasteiger partial charge on any atom is 0.326 e. The molecule has 0 radical (unpaired) electrons. The van der Waals surface area contributed by atoms with Crippen LogP contribution in [0, 0.1) is 5.92 Å². The van der Waals surface area contributed by atoms with Gasteiger partial charge in [0.15, 0.2) is 0 Å². The van der Waals surface area contributed by atoms with Gasteiger partial charge in [-0.3, -0.25) is 4.79 Å². The van der Waals surface area contributed by atoms with Gasteiger partial charge in [-0.05, 0) is 65.6 Å². The summed E-state index contributed by atoms with van der Waals surface area (Å²) in [7, 11) is 1.84. The van der Waals surface area contributed by atoms with Gasteiger partial charge >= 0.3 is 5.97 Å². The van der Waals surface area contributed by atoms with Crippen LogP contribution in [0.4, 0.5) is 0 Å². The van der Waals surface area contributed by atoms with Crippen molar-refractivity contribution in [2.24, 2.45) is 5.92 Å². The van der Waals surface area contributed by atoms with Gasteiger partial charge in [0.2, 0.25) is 0 Å². The molecule has 1 fully saturated rings. The molecule has 0 aliphatic carbocycles. The highest BCUT2D eigenvalue weighted by molar-refractivity contribution is 5.80. The Hall–Kier alpha value is -0.610. The van der Waals surface area contributed by atoms with Crippen LogP contribution in [0.3, 0.4) is 0 Å². The number of hydrogen-bond acceptors (Lipinski definition) is 4. The lowest BCUT2D eigenvalue weighted by Gasteiger charge is -2.33. The summed E-state index contributed by atoms with van der Waals surface area (Å²) in [5, 5.41) is 3.13. The minimum Gasteiger partial charge on any atom is -0.465 e. The van der Waals surface area contributed by atoms with Crippen molar-refractivity contribution in [3.63, 3.8) is 0 Å². The summed E-state index contributed by atoms with van der Waals surface area (Å²) in [5.41, 5.74) is -0.546. The van der Waals surface area contributed by atoms with Gasteiger partial charge < -0.3 is 15.0 Å². The maximum absolute atomic E-state index is 12.0. The second kappa shape index (κ2) is 8.63. The van der Waals surface area contributed by atoms with E-state index in [1.54, 1.807) is 0 Å². The monoisotopic (exact) mass is 284 g/mol. The topological polar surface area (TPSA) is 41.6 Å². The molecule has 2 atom stereocenters. The number of likely N-dealkylation sites (N-methyl/N-ethyl adjacent to an activating group) is 1. The molecule has 1 aliphatic heterocycles. The number of carbonyl (C=O) groups excluding carboxylic acids is 1. The van der Waals surface area contributed by atoms with Crippen molar-refractivity contribution >= 4 is 5.97 Å². The molecule has 0 amide bonds. The predicted molar refractivity (Wildman–Crippen MR) is 82.8 cm³/mol. The van der Waals surface area contributed by atoms with Gasteiger partial charge in [0.05, 0.1) is 6.61 Å². The van der Waals surface area contributed by atoms with E-state index in [1.807, 2.05) is 20.9 Å². The van der Waals surface area contributed by atoms with Crippen molar-refractivity contribution in [2.75, 3.05) is 33.3 Å². The number of hydrogen-bond donors (Lipinski definition) is 1. The van der Waals surface area contributed by atoms with E-state index in [9.17, 15) is 4.79 Å². The second-order valence-corrected chi connectivity index (χ2v) is 6.12. The Morgan fingerprint density at radius 2 is 2.20 bits per heavy atom. The summed E-state index contributed by atoms with van der Waals surface area (Å²) in [6, 6.07) is 0. The van der Waals surface area contributed by atoms with E-state index in [4.69, 9.17) is 4.74 Å². The van der Waals surface area contributed by atoms with Crippen LogP contribution in [0.5, 0.6) is 0 Å². The number of esters is 1. The normalized spacial score (nSPS) is 23.3. The molecule has 0 spiro atoms. The van der Waals surface area contributed by atoms with Crippen LogP contribution in [0.2, 0.25) is 0 Å². The van der Waals surface area contributed by atoms with E-state index in [0.29, 0.717) is 6.61 Å². The van der Waals surface area contributed by atoms with Crippen molar-refractivity contribution in [2.45, 2.75) is 58.4 Å². The van der Waals surface area contributed by atoms with Crippen LogP contribution in [-0.4, -0.2) is 49.7 Å². The fourth-order valence-electron chi connectivity index (χ4n) is 2.96. The molecule has 0 bridgehead atoms. The molecule has 20 heavy (non-hydrogen) atoms. The number of nitrogens with one attached hydrogen (secondary N) is 1. The molecule has 1 heterocycles. The third-order valence-electron chi connectivity index (χ3n) is 4.61. The van der Waals surface area contributed by atoms with Crippen LogP contribution in [0.1, 0.15) is 52.9 Å². The van der Waals surface area contributed by atoms with E-state index < -0.39 is 5.54 Å². The molecule has 4 nitrogen and oxygen atoms in total.